The maximum atomic E-state index is 5.88. The summed E-state index contributed by atoms with van der Waals surface area (Å²) in [4.78, 5) is 2.31. The zero-order chi connectivity index (χ0) is 12.5. The molecule has 2 aromatic rings. The Balaban J connectivity index is 1.98. The van der Waals surface area contributed by atoms with Crippen LogP contribution >= 0.6 is 11.8 Å². The van der Waals surface area contributed by atoms with E-state index in [1.165, 1.54) is 5.56 Å². The van der Waals surface area contributed by atoms with Gasteiger partial charge in [0.25, 0.3) is 0 Å². The lowest BCUT2D eigenvalue weighted by Crippen LogP contribution is -1.99. The van der Waals surface area contributed by atoms with Crippen molar-refractivity contribution in [1.29, 1.82) is 0 Å². The number of fused-ring (bicyclic) bond motifs is 2. The van der Waals surface area contributed by atoms with Crippen LogP contribution < -0.4 is 4.74 Å². The van der Waals surface area contributed by atoms with E-state index in [2.05, 4.69) is 18.2 Å². The molecule has 0 aliphatic carbocycles. The molecule has 92 valence electrons. The number of hydrogen-bond donors (Lipinski definition) is 0. The summed E-state index contributed by atoms with van der Waals surface area (Å²) in [6.45, 7) is 2.05. The van der Waals surface area contributed by atoms with E-state index in [1.54, 1.807) is 18.9 Å². The third-order valence-corrected chi connectivity index (χ3v) is 4.18. The standard InChI is InChI=1S/C15H14O2S/c1-10(16-2)11-7-8-13-15(9-11)18-14-6-4-3-5-12(14)17-13/h3-10H,1-2H3/t10-/m0/s1. The van der Waals surface area contributed by atoms with Crippen molar-refractivity contribution >= 4 is 11.8 Å². The molecule has 0 saturated carbocycles. The van der Waals surface area contributed by atoms with Crippen molar-refractivity contribution in [2.45, 2.75) is 22.8 Å². The van der Waals surface area contributed by atoms with Crippen LogP contribution in [0.2, 0.25) is 0 Å². The highest BCUT2D eigenvalue weighted by Crippen LogP contribution is 2.47. The van der Waals surface area contributed by atoms with E-state index in [4.69, 9.17) is 9.47 Å². The molecular formula is C15H14O2S. The van der Waals surface area contributed by atoms with E-state index in [0.717, 1.165) is 21.3 Å². The normalized spacial score (nSPS) is 14.3. The highest BCUT2D eigenvalue weighted by atomic mass is 32.2. The fraction of sp³-hybridized carbons (Fsp3) is 0.200. The van der Waals surface area contributed by atoms with Crippen LogP contribution in [0.15, 0.2) is 52.3 Å². The Morgan fingerprint density at radius 2 is 1.83 bits per heavy atom. The van der Waals surface area contributed by atoms with Crippen molar-refractivity contribution in [1.82, 2.24) is 0 Å². The summed E-state index contributed by atoms with van der Waals surface area (Å²) in [5, 5.41) is 0. The van der Waals surface area contributed by atoms with Crippen LogP contribution in [0.4, 0.5) is 0 Å². The molecule has 0 aromatic heterocycles. The van der Waals surface area contributed by atoms with Crippen LogP contribution in [0.1, 0.15) is 18.6 Å². The second-order valence-electron chi connectivity index (χ2n) is 4.23. The van der Waals surface area contributed by atoms with E-state index in [1.807, 2.05) is 31.2 Å². The van der Waals surface area contributed by atoms with Crippen LogP contribution in [0.25, 0.3) is 0 Å². The molecule has 0 radical (unpaired) electrons. The molecule has 2 nitrogen and oxygen atoms in total. The van der Waals surface area contributed by atoms with Gasteiger partial charge >= 0.3 is 0 Å². The van der Waals surface area contributed by atoms with Crippen molar-refractivity contribution < 1.29 is 9.47 Å². The van der Waals surface area contributed by atoms with Gasteiger partial charge in [0.1, 0.15) is 11.5 Å². The van der Waals surface area contributed by atoms with Crippen molar-refractivity contribution in [3.05, 3.63) is 48.0 Å². The highest BCUT2D eigenvalue weighted by Gasteiger charge is 2.18. The fourth-order valence-corrected chi connectivity index (χ4v) is 2.93. The molecule has 1 atom stereocenters. The molecule has 2 aromatic carbocycles. The molecule has 0 saturated heterocycles. The summed E-state index contributed by atoms with van der Waals surface area (Å²) in [7, 11) is 1.73. The van der Waals surface area contributed by atoms with Crippen LogP contribution in [0.3, 0.4) is 0 Å². The lowest BCUT2D eigenvalue weighted by Gasteiger charge is -2.21. The average Bonchev–Trinajstić information content (AvgIpc) is 2.43. The van der Waals surface area contributed by atoms with E-state index in [-0.39, 0.29) is 6.10 Å². The summed E-state index contributed by atoms with van der Waals surface area (Å²) in [6.07, 6.45) is 0.105. The number of benzene rings is 2. The number of para-hydroxylation sites is 1. The van der Waals surface area contributed by atoms with Gasteiger partial charge in [-0.05, 0) is 36.8 Å². The third kappa shape index (κ3) is 2.00. The Bertz CT molecular complexity index is 580. The SMILES string of the molecule is CO[C@@H](C)c1ccc2c(c1)Sc1ccccc1O2. The van der Waals surface area contributed by atoms with Crippen LogP contribution in [0, 0.1) is 0 Å². The summed E-state index contributed by atoms with van der Waals surface area (Å²) < 4.78 is 11.2. The Morgan fingerprint density at radius 3 is 2.67 bits per heavy atom. The van der Waals surface area contributed by atoms with E-state index < -0.39 is 0 Å². The van der Waals surface area contributed by atoms with Crippen molar-refractivity contribution in [3.8, 4) is 11.5 Å². The molecule has 0 spiro atoms. The van der Waals surface area contributed by atoms with E-state index in [0.29, 0.717) is 0 Å². The number of hydrogen-bond acceptors (Lipinski definition) is 3. The third-order valence-electron chi connectivity index (χ3n) is 3.08. The molecule has 0 unspecified atom stereocenters. The Labute approximate surface area is 111 Å². The van der Waals surface area contributed by atoms with Crippen molar-refractivity contribution in [2.75, 3.05) is 7.11 Å². The summed E-state index contributed by atoms with van der Waals surface area (Å²) >= 11 is 1.74. The number of methoxy groups -OCH3 is 1. The van der Waals surface area contributed by atoms with Gasteiger partial charge in [0, 0.05) is 7.11 Å². The first-order valence-corrected chi connectivity index (χ1v) is 6.71. The van der Waals surface area contributed by atoms with Crippen LogP contribution in [0.5, 0.6) is 11.5 Å². The van der Waals surface area contributed by atoms with Crippen LogP contribution in [-0.4, -0.2) is 7.11 Å². The predicted octanol–water partition coefficient (Wildman–Crippen LogP) is 4.65. The quantitative estimate of drug-likeness (QED) is 0.666. The predicted molar refractivity (Wildman–Crippen MR) is 72.5 cm³/mol. The first-order valence-electron chi connectivity index (χ1n) is 5.89. The Hall–Kier alpha value is -1.45. The van der Waals surface area contributed by atoms with E-state index in [9.17, 15) is 0 Å². The highest BCUT2D eigenvalue weighted by molar-refractivity contribution is 7.99. The topological polar surface area (TPSA) is 18.5 Å². The molecule has 1 aliphatic rings. The molecule has 3 heteroatoms. The molecular weight excluding hydrogens is 244 g/mol. The summed E-state index contributed by atoms with van der Waals surface area (Å²) in [5.41, 5.74) is 1.17. The largest absolute Gasteiger partial charge is 0.455 e. The minimum atomic E-state index is 0.105. The molecule has 1 aliphatic heterocycles. The molecule has 0 fully saturated rings. The maximum absolute atomic E-state index is 5.88. The Kier molecular flexibility index (Phi) is 3.02. The molecule has 1 heterocycles. The first-order chi connectivity index (χ1) is 8.78. The monoisotopic (exact) mass is 258 g/mol. The molecule has 0 amide bonds. The minimum absolute atomic E-state index is 0.105. The molecule has 3 rings (SSSR count). The first kappa shape index (κ1) is 11.6. The lowest BCUT2D eigenvalue weighted by molar-refractivity contribution is 0.119. The second-order valence-corrected chi connectivity index (χ2v) is 5.32. The van der Waals surface area contributed by atoms with Crippen molar-refractivity contribution in [3.63, 3.8) is 0 Å². The molecule has 0 bridgehead atoms. The number of ether oxygens (including phenoxy) is 2. The fourth-order valence-electron chi connectivity index (χ4n) is 1.93. The zero-order valence-corrected chi connectivity index (χ0v) is 11.2. The van der Waals surface area contributed by atoms with Crippen molar-refractivity contribution in [2.24, 2.45) is 0 Å². The Morgan fingerprint density at radius 1 is 1.06 bits per heavy atom. The van der Waals surface area contributed by atoms with Gasteiger partial charge in [-0.25, -0.2) is 0 Å². The molecule has 18 heavy (non-hydrogen) atoms. The maximum Gasteiger partial charge on any atom is 0.141 e. The van der Waals surface area contributed by atoms with Gasteiger partial charge in [0.2, 0.25) is 0 Å². The second kappa shape index (κ2) is 4.67. The smallest absolute Gasteiger partial charge is 0.141 e. The van der Waals surface area contributed by atoms with Gasteiger partial charge in [-0.1, -0.05) is 30.0 Å². The van der Waals surface area contributed by atoms with Gasteiger partial charge in [-0.15, -0.1) is 0 Å². The van der Waals surface area contributed by atoms with Gasteiger partial charge in [0.05, 0.1) is 15.9 Å². The molecule has 0 N–H and O–H groups in total. The van der Waals surface area contributed by atoms with Gasteiger partial charge in [-0.2, -0.15) is 0 Å². The van der Waals surface area contributed by atoms with Gasteiger partial charge in [-0.3, -0.25) is 0 Å². The van der Waals surface area contributed by atoms with Crippen LogP contribution in [-0.2, 0) is 4.74 Å². The lowest BCUT2D eigenvalue weighted by atomic mass is 10.1. The van der Waals surface area contributed by atoms with E-state index >= 15 is 0 Å². The summed E-state index contributed by atoms with van der Waals surface area (Å²) in [5.74, 6) is 1.85. The zero-order valence-electron chi connectivity index (χ0n) is 10.3. The van der Waals surface area contributed by atoms with Gasteiger partial charge < -0.3 is 9.47 Å². The average molecular weight is 258 g/mol. The number of rotatable bonds is 2. The minimum Gasteiger partial charge on any atom is -0.455 e. The van der Waals surface area contributed by atoms with Gasteiger partial charge in [0.15, 0.2) is 0 Å². The summed E-state index contributed by atoms with van der Waals surface area (Å²) in [6, 6.07) is 14.3.